The predicted molar refractivity (Wildman–Crippen MR) is 119 cm³/mol. The van der Waals surface area contributed by atoms with Gasteiger partial charge in [0.05, 0.1) is 19.1 Å². The number of hydrogen-bond donors (Lipinski definition) is 2. The van der Waals surface area contributed by atoms with E-state index in [-0.39, 0.29) is 18.9 Å². The van der Waals surface area contributed by atoms with Crippen LogP contribution in [-0.4, -0.2) is 58.9 Å². The number of carboxylic acid groups (broad SMARTS) is 1. The lowest BCUT2D eigenvalue weighted by molar-refractivity contribution is -0.142. The first kappa shape index (κ1) is 23.7. The van der Waals surface area contributed by atoms with Gasteiger partial charge < -0.3 is 19.9 Å². The number of thioether (sulfide) groups is 1. The molecule has 8 nitrogen and oxygen atoms in total. The predicted octanol–water partition coefficient (Wildman–Crippen LogP) is 2.66. The van der Waals surface area contributed by atoms with Crippen molar-refractivity contribution in [2.75, 3.05) is 20.8 Å². The lowest BCUT2D eigenvalue weighted by Crippen LogP contribution is -2.42. The van der Waals surface area contributed by atoms with E-state index in [0.717, 1.165) is 17.3 Å². The van der Waals surface area contributed by atoms with E-state index in [4.69, 9.17) is 26.8 Å². The third-order valence-corrected chi connectivity index (χ3v) is 5.73. The standard InChI is InChI=1S/C20H24N2O6S2/c1-4-5-13(19(25)26)21-17(23)8-9-22-18(24)16(30-20(22)29)11-12-6-7-14(27-2)15(10-12)28-3/h6-7,10-11,13H,4-5,8-9H2,1-3H3,(H,21,23)(H,25,26)/b16-11+/t13-/m0/s1. The molecule has 1 aliphatic rings. The summed E-state index contributed by atoms with van der Waals surface area (Å²) in [5.41, 5.74) is 0.745. The summed E-state index contributed by atoms with van der Waals surface area (Å²) in [7, 11) is 3.07. The molecule has 2 rings (SSSR count). The van der Waals surface area contributed by atoms with Crippen molar-refractivity contribution in [3.63, 3.8) is 0 Å². The molecule has 0 unspecified atom stereocenters. The number of ether oxygens (including phenoxy) is 2. The third-order valence-electron chi connectivity index (χ3n) is 4.35. The number of nitrogens with zero attached hydrogens (tertiary/aromatic N) is 1. The quantitative estimate of drug-likeness (QED) is 0.412. The minimum absolute atomic E-state index is 0.0381. The Bertz CT molecular complexity index is 871. The Morgan fingerprint density at radius 2 is 2.00 bits per heavy atom. The summed E-state index contributed by atoms with van der Waals surface area (Å²) in [6.07, 6.45) is 2.63. The van der Waals surface area contributed by atoms with E-state index < -0.39 is 17.9 Å². The highest BCUT2D eigenvalue weighted by molar-refractivity contribution is 8.26. The monoisotopic (exact) mass is 452 g/mol. The number of rotatable bonds is 10. The average molecular weight is 453 g/mol. The number of amides is 2. The smallest absolute Gasteiger partial charge is 0.326 e. The van der Waals surface area contributed by atoms with Crippen LogP contribution in [-0.2, 0) is 14.4 Å². The van der Waals surface area contributed by atoms with Crippen molar-refractivity contribution in [1.82, 2.24) is 10.2 Å². The lowest BCUT2D eigenvalue weighted by Gasteiger charge is -2.16. The Kier molecular flexibility index (Phi) is 8.67. The molecule has 1 heterocycles. The molecule has 1 aromatic carbocycles. The van der Waals surface area contributed by atoms with Gasteiger partial charge in [0.2, 0.25) is 5.91 Å². The molecule has 10 heteroatoms. The minimum atomic E-state index is -1.08. The van der Waals surface area contributed by atoms with Gasteiger partial charge in [-0.05, 0) is 30.2 Å². The van der Waals surface area contributed by atoms with Crippen LogP contribution in [0, 0.1) is 0 Å². The Morgan fingerprint density at radius 3 is 2.60 bits per heavy atom. The molecule has 1 aromatic rings. The van der Waals surface area contributed by atoms with E-state index in [2.05, 4.69) is 5.32 Å². The van der Waals surface area contributed by atoms with Gasteiger partial charge in [-0.3, -0.25) is 14.5 Å². The summed E-state index contributed by atoms with van der Waals surface area (Å²) < 4.78 is 10.8. The van der Waals surface area contributed by atoms with Crippen LogP contribution in [0.25, 0.3) is 6.08 Å². The third kappa shape index (κ3) is 5.96. The highest BCUT2D eigenvalue weighted by Gasteiger charge is 2.32. The van der Waals surface area contributed by atoms with E-state index >= 15 is 0 Å². The van der Waals surface area contributed by atoms with Crippen molar-refractivity contribution in [3.05, 3.63) is 28.7 Å². The number of methoxy groups -OCH3 is 2. The molecule has 2 N–H and O–H groups in total. The van der Waals surface area contributed by atoms with Crippen LogP contribution >= 0.6 is 24.0 Å². The molecule has 1 atom stereocenters. The molecule has 0 bridgehead atoms. The van der Waals surface area contributed by atoms with Gasteiger partial charge in [0.25, 0.3) is 5.91 Å². The van der Waals surface area contributed by atoms with Crippen LogP contribution in [0.2, 0.25) is 0 Å². The molecule has 0 saturated carbocycles. The molecule has 0 spiro atoms. The topological polar surface area (TPSA) is 105 Å². The fourth-order valence-electron chi connectivity index (χ4n) is 2.81. The zero-order valence-electron chi connectivity index (χ0n) is 17.0. The van der Waals surface area contributed by atoms with Gasteiger partial charge in [-0.25, -0.2) is 4.79 Å². The minimum Gasteiger partial charge on any atom is -0.493 e. The fraction of sp³-hybridized carbons (Fsp3) is 0.400. The van der Waals surface area contributed by atoms with Gasteiger partial charge in [0.15, 0.2) is 11.5 Å². The van der Waals surface area contributed by atoms with Gasteiger partial charge in [0.1, 0.15) is 10.4 Å². The van der Waals surface area contributed by atoms with E-state index in [1.165, 1.54) is 12.0 Å². The largest absolute Gasteiger partial charge is 0.493 e. The molecule has 2 amide bonds. The molecule has 1 aliphatic heterocycles. The summed E-state index contributed by atoms with van der Waals surface area (Å²) in [5.74, 6) is -0.687. The van der Waals surface area contributed by atoms with Gasteiger partial charge in [-0.1, -0.05) is 43.4 Å². The maximum absolute atomic E-state index is 12.7. The van der Waals surface area contributed by atoms with Crippen LogP contribution in [0.1, 0.15) is 31.7 Å². The van der Waals surface area contributed by atoms with Crippen LogP contribution in [0.5, 0.6) is 11.5 Å². The zero-order valence-corrected chi connectivity index (χ0v) is 18.6. The summed E-state index contributed by atoms with van der Waals surface area (Å²) in [6, 6.07) is 4.35. The van der Waals surface area contributed by atoms with E-state index in [1.54, 1.807) is 31.4 Å². The molecule has 30 heavy (non-hydrogen) atoms. The van der Waals surface area contributed by atoms with Crippen molar-refractivity contribution < 1.29 is 29.0 Å². The highest BCUT2D eigenvalue weighted by atomic mass is 32.2. The van der Waals surface area contributed by atoms with E-state index in [0.29, 0.717) is 33.6 Å². The number of nitrogens with one attached hydrogen (secondary N) is 1. The van der Waals surface area contributed by atoms with Crippen molar-refractivity contribution in [2.45, 2.75) is 32.2 Å². The molecular weight excluding hydrogens is 428 g/mol. The molecular formula is C20H24N2O6S2. The van der Waals surface area contributed by atoms with Crippen LogP contribution < -0.4 is 14.8 Å². The van der Waals surface area contributed by atoms with Crippen LogP contribution in [0.15, 0.2) is 23.1 Å². The molecule has 0 aliphatic carbocycles. The average Bonchev–Trinajstić information content (AvgIpc) is 2.98. The first-order valence-electron chi connectivity index (χ1n) is 9.30. The van der Waals surface area contributed by atoms with Crippen molar-refractivity contribution in [1.29, 1.82) is 0 Å². The molecule has 0 aromatic heterocycles. The number of aliphatic carboxylic acids is 1. The van der Waals surface area contributed by atoms with Gasteiger partial charge in [-0.15, -0.1) is 0 Å². The Balaban J connectivity index is 2.03. The Hall–Kier alpha value is -2.59. The fourth-order valence-corrected chi connectivity index (χ4v) is 4.12. The molecule has 162 valence electrons. The summed E-state index contributed by atoms with van der Waals surface area (Å²) >= 11 is 6.43. The maximum atomic E-state index is 12.7. The van der Waals surface area contributed by atoms with Crippen molar-refractivity contribution >= 4 is 52.2 Å². The van der Waals surface area contributed by atoms with E-state index in [1.807, 2.05) is 6.92 Å². The molecule has 1 saturated heterocycles. The van der Waals surface area contributed by atoms with Crippen LogP contribution in [0.4, 0.5) is 0 Å². The molecule has 0 radical (unpaired) electrons. The number of thiocarbonyl (C=S) groups is 1. The number of carbonyl (C=O) groups is 3. The summed E-state index contributed by atoms with van der Waals surface area (Å²) in [4.78, 5) is 37.8. The molecule has 1 fully saturated rings. The first-order valence-corrected chi connectivity index (χ1v) is 10.5. The number of carboxylic acids is 1. The summed E-state index contributed by atoms with van der Waals surface area (Å²) in [6.45, 7) is 1.92. The number of carbonyl (C=O) groups excluding carboxylic acids is 2. The second-order valence-electron chi connectivity index (χ2n) is 6.44. The van der Waals surface area contributed by atoms with Gasteiger partial charge >= 0.3 is 5.97 Å². The van der Waals surface area contributed by atoms with E-state index in [9.17, 15) is 14.4 Å². The summed E-state index contributed by atoms with van der Waals surface area (Å²) in [5, 5.41) is 11.6. The van der Waals surface area contributed by atoms with Crippen molar-refractivity contribution in [3.8, 4) is 11.5 Å². The normalized spacial score (nSPS) is 16.0. The Labute approximate surface area is 184 Å². The second-order valence-corrected chi connectivity index (χ2v) is 8.12. The number of benzene rings is 1. The maximum Gasteiger partial charge on any atom is 0.326 e. The Morgan fingerprint density at radius 1 is 1.30 bits per heavy atom. The highest BCUT2D eigenvalue weighted by Crippen LogP contribution is 2.34. The first-order chi connectivity index (χ1) is 14.3. The van der Waals surface area contributed by atoms with Gasteiger partial charge in [0, 0.05) is 13.0 Å². The zero-order chi connectivity index (χ0) is 22.3. The van der Waals surface area contributed by atoms with Crippen LogP contribution in [0.3, 0.4) is 0 Å². The van der Waals surface area contributed by atoms with Gasteiger partial charge in [-0.2, -0.15) is 0 Å². The number of hydrogen-bond acceptors (Lipinski definition) is 7. The lowest BCUT2D eigenvalue weighted by atomic mass is 10.1. The van der Waals surface area contributed by atoms with Crippen molar-refractivity contribution in [2.24, 2.45) is 0 Å². The second kappa shape index (κ2) is 11.0. The SMILES string of the molecule is CCC[C@H](NC(=O)CCN1C(=O)/C(=C\c2ccc(OC)c(OC)c2)SC1=S)C(=O)O.